The van der Waals surface area contributed by atoms with Crippen LogP contribution >= 0.6 is 11.3 Å². The molecule has 0 saturated heterocycles. The summed E-state index contributed by atoms with van der Waals surface area (Å²) in [6.07, 6.45) is -0.102. The summed E-state index contributed by atoms with van der Waals surface area (Å²) in [5, 5.41) is 10.8. The fraction of sp³-hybridized carbons (Fsp3) is 0.643. The van der Waals surface area contributed by atoms with Gasteiger partial charge in [-0.15, -0.1) is 11.3 Å². The Bertz CT molecular complexity index is 500. The highest BCUT2D eigenvalue weighted by molar-refractivity contribution is 7.12. The van der Waals surface area contributed by atoms with E-state index in [2.05, 4.69) is 46.1 Å². The van der Waals surface area contributed by atoms with Gasteiger partial charge in [-0.1, -0.05) is 20.8 Å². The summed E-state index contributed by atoms with van der Waals surface area (Å²) in [5.74, 6) is 0. The number of amides is 1. The van der Waals surface area contributed by atoms with Gasteiger partial charge >= 0.3 is 6.09 Å². The molecule has 19 heavy (non-hydrogen) atoms. The van der Waals surface area contributed by atoms with Crippen LogP contribution in [0, 0.1) is 0 Å². The molecule has 5 heteroatoms. The molecule has 0 atom stereocenters. The minimum Gasteiger partial charge on any atom is -0.464 e. The Hall–Kier alpha value is -1.07. The van der Waals surface area contributed by atoms with Crippen LogP contribution in [0.5, 0.6) is 0 Å². The number of hydrogen-bond acceptors (Lipinski definition) is 3. The Labute approximate surface area is 118 Å². The first kappa shape index (κ1) is 14.3. The van der Waals surface area contributed by atoms with E-state index in [1.165, 1.54) is 15.3 Å². The van der Waals surface area contributed by atoms with Crippen LogP contribution in [-0.4, -0.2) is 22.8 Å². The summed E-state index contributed by atoms with van der Waals surface area (Å²) >= 11 is 1.81. The first-order chi connectivity index (χ1) is 8.62. The van der Waals surface area contributed by atoms with E-state index in [4.69, 9.17) is 5.11 Å². The average molecular weight is 282 g/mol. The minimum absolute atomic E-state index is 0.142. The summed E-state index contributed by atoms with van der Waals surface area (Å²) < 4.78 is 0. The number of nitrogens with zero attached hydrogens (tertiary/aromatic N) is 1. The quantitative estimate of drug-likeness (QED) is 0.831. The third-order valence-electron chi connectivity index (χ3n) is 3.61. The maximum absolute atomic E-state index is 10.9. The second kappa shape index (κ2) is 4.49. The van der Waals surface area contributed by atoms with E-state index in [-0.39, 0.29) is 11.0 Å². The molecule has 0 bridgehead atoms. The Morgan fingerprint density at radius 1 is 1.47 bits per heavy atom. The number of thiophene rings is 1. The zero-order chi connectivity index (χ0) is 14.4. The Balaban J connectivity index is 2.38. The van der Waals surface area contributed by atoms with E-state index >= 15 is 0 Å². The molecule has 1 aromatic rings. The number of fused-ring (bicyclic) bond motifs is 1. The number of carbonyl (C=O) groups is 1. The molecule has 2 rings (SSSR count). The molecule has 0 aliphatic carbocycles. The first-order valence-corrected chi connectivity index (χ1v) is 7.35. The van der Waals surface area contributed by atoms with Gasteiger partial charge in [0.15, 0.2) is 0 Å². The Morgan fingerprint density at radius 2 is 2.11 bits per heavy atom. The third kappa shape index (κ3) is 2.62. The van der Waals surface area contributed by atoms with Crippen LogP contribution in [0.4, 0.5) is 4.79 Å². The van der Waals surface area contributed by atoms with Crippen LogP contribution in [-0.2, 0) is 17.4 Å². The van der Waals surface area contributed by atoms with Crippen molar-refractivity contribution in [3.05, 3.63) is 21.4 Å². The highest BCUT2D eigenvalue weighted by Crippen LogP contribution is 2.42. The molecule has 4 nitrogen and oxygen atoms in total. The topological polar surface area (TPSA) is 52.6 Å². The highest BCUT2D eigenvalue weighted by atomic mass is 32.1. The molecule has 1 amide bonds. The lowest BCUT2D eigenvalue weighted by Crippen LogP contribution is -2.54. The molecule has 0 radical (unpaired) electrons. The Morgan fingerprint density at radius 3 is 2.63 bits per heavy atom. The van der Waals surface area contributed by atoms with E-state index in [1.54, 1.807) is 11.3 Å². The first-order valence-electron chi connectivity index (χ1n) is 6.53. The predicted octanol–water partition coefficient (Wildman–Crippen LogP) is 3.32. The van der Waals surface area contributed by atoms with Crippen molar-refractivity contribution < 1.29 is 9.90 Å². The molecule has 1 aliphatic rings. The van der Waals surface area contributed by atoms with Crippen molar-refractivity contribution in [3.8, 4) is 0 Å². The van der Waals surface area contributed by atoms with Crippen molar-refractivity contribution in [2.45, 2.75) is 52.0 Å². The molecule has 0 unspecified atom stereocenters. The van der Waals surface area contributed by atoms with Crippen molar-refractivity contribution in [3.63, 3.8) is 0 Å². The molecule has 2 heterocycles. The maximum Gasteiger partial charge on any atom is 0.419 e. The van der Waals surface area contributed by atoms with Gasteiger partial charge < -0.3 is 5.11 Å². The van der Waals surface area contributed by atoms with Crippen molar-refractivity contribution in [1.82, 2.24) is 10.4 Å². The normalized spacial score (nSPS) is 19.0. The minimum atomic E-state index is -0.996. The molecule has 1 aliphatic heterocycles. The zero-order valence-corrected chi connectivity index (χ0v) is 13.0. The van der Waals surface area contributed by atoms with Gasteiger partial charge in [0.25, 0.3) is 0 Å². The zero-order valence-electron chi connectivity index (χ0n) is 12.2. The monoisotopic (exact) mass is 282 g/mol. The van der Waals surface area contributed by atoms with Crippen molar-refractivity contribution >= 4 is 17.4 Å². The van der Waals surface area contributed by atoms with E-state index in [0.29, 0.717) is 6.54 Å². The van der Waals surface area contributed by atoms with Crippen LogP contribution in [0.15, 0.2) is 6.07 Å². The number of hydrazine groups is 1. The number of nitrogens with one attached hydrogen (secondary N) is 1. The molecule has 2 N–H and O–H groups in total. The lowest BCUT2D eigenvalue weighted by Gasteiger charge is -2.41. The molecular weight excluding hydrogens is 260 g/mol. The second-order valence-electron chi connectivity index (χ2n) is 6.59. The van der Waals surface area contributed by atoms with E-state index in [9.17, 15) is 4.79 Å². The fourth-order valence-electron chi connectivity index (χ4n) is 2.45. The SMILES string of the molecule is CC(C)(C)c1cc2c(s1)C(C)(C)N(NC(=O)O)CC2. The fourth-order valence-corrected chi connectivity index (χ4v) is 3.83. The van der Waals surface area contributed by atoms with Crippen LogP contribution in [0.1, 0.15) is 49.9 Å². The van der Waals surface area contributed by atoms with Gasteiger partial charge in [0.2, 0.25) is 0 Å². The van der Waals surface area contributed by atoms with Crippen LogP contribution < -0.4 is 5.43 Å². The summed E-state index contributed by atoms with van der Waals surface area (Å²) in [6, 6.07) is 2.29. The summed E-state index contributed by atoms with van der Waals surface area (Å²) in [5.41, 5.74) is 3.73. The Kier molecular flexibility index (Phi) is 3.39. The summed E-state index contributed by atoms with van der Waals surface area (Å²) in [6.45, 7) is 11.5. The van der Waals surface area contributed by atoms with Gasteiger partial charge in [-0.2, -0.15) is 0 Å². The van der Waals surface area contributed by atoms with Gasteiger partial charge in [-0.3, -0.25) is 5.43 Å². The van der Waals surface area contributed by atoms with Gasteiger partial charge in [0.1, 0.15) is 0 Å². The molecule has 1 aromatic heterocycles. The van der Waals surface area contributed by atoms with E-state index in [1.807, 2.05) is 5.01 Å². The van der Waals surface area contributed by atoms with Crippen molar-refractivity contribution in [2.24, 2.45) is 0 Å². The molecule has 0 spiro atoms. The number of hydrogen-bond donors (Lipinski definition) is 2. The largest absolute Gasteiger partial charge is 0.464 e. The third-order valence-corrected chi connectivity index (χ3v) is 5.53. The van der Waals surface area contributed by atoms with E-state index in [0.717, 1.165) is 6.42 Å². The van der Waals surface area contributed by atoms with Gasteiger partial charge in [-0.05, 0) is 37.3 Å². The van der Waals surface area contributed by atoms with Crippen molar-refractivity contribution in [2.75, 3.05) is 6.54 Å². The molecule has 0 aromatic carbocycles. The number of rotatable bonds is 1. The number of carboxylic acid groups (broad SMARTS) is 1. The molecule has 0 saturated carbocycles. The predicted molar refractivity (Wildman–Crippen MR) is 77.6 cm³/mol. The van der Waals surface area contributed by atoms with Gasteiger partial charge in [-0.25, -0.2) is 9.80 Å². The summed E-state index contributed by atoms with van der Waals surface area (Å²) in [7, 11) is 0. The molecule has 106 valence electrons. The van der Waals surface area contributed by atoms with Gasteiger partial charge in [0.05, 0.1) is 5.54 Å². The van der Waals surface area contributed by atoms with Crippen LogP contribution in [0.3, 0.4) is 0 Å². The smallest absolute Gasteiger partial charge is 0.419 e. The molecule has 0 fully saturated rings. The second-order valence-corrected chi connectivity index (χ2v) is 7.64. The summed E-state index contributed by atoms with van der Waals surface area (Å²) in [4.78, 5) is 13.5. The maximum atomic E-state index is 10.9. The van der Waals surface area contributed by atoms with Gasteiger partial charge in [0, 0.05) is 16.3 Å². The lowest BCUT2D eigenvalue weighted by molar-refractivity contribution is 0.0499. The highest BCUT2D eigenvalue weighted by Gasteiger charge is 2.38. The standard InChI is InChI=1S/C14H22N2O2S/c1-13(2,3)10-8-9-6-7-16(15-12(17)18)14(4,5)11(9)19-10/h8,15H,6-7H2,1-5H3,(H,17,18). The lowest BCUT2D eigenvalue weighted by atomic mass is 9.90. The van der Waals surface area contributed by atoms with Crippen LogP contribution in [0.25, 0.3) is 0 Å². The van der Waals surface area contributed by atoms with Crippen LogP contribution in [0.2, 0.25) is 0 Å². The molecular formula is C14H22N2O2S. The average Bonchev–Trinajstić information content (AvgIpc) is 2.66. The van der Waals surface area contributed by atoms with Crippen molar-refractivity contribution in [1.29, 1.82) is 0 Å². The van der Waals surface area contributed by atoms with E-state index < -0.39 is 6.09 Å².